The summed E-state index contributed by atoms with van der Waals surface area (Å²) in [6.45, 7) is 1.33. The van der Waals surface area contributed by atoms with E-state index in [1.165, 1.54) is 25.1 Å². The van der Waals surface area contributed by atoms with Crippen molar-refractivity contribution < 1.29 is 14.8 Å². The zero-order valence-electron chi connectivity index (χ0n) is 8.51. The molecule has 1 aromatic rings. The molecule has 0 saturated heterocycles. The van der Waals surface area contributed by atoms with Crippen LogP contribution in [-0.2, 0) is 4.79 Å². The van der Waals surface area contributed by atoms with Gasteiger partial charge in [-0.05, 0) is 13.0 Å². The van der Waals surface area contributed by atoms with E-state index in [0.29, 0.717) is 0 Å². The Morgan fingerprint density at radius 1 is 1.62 bits per heavy atom. The van der Waals surface area contributed by atoms with Crippen molar-refractivity contribution in [1.29, 1.82) is 0 Å². The number of hydrogen-bond donors (Lipinski definition) is 1. The van der Waals surface area contributed by atoms with Crippen LogP contribution in [0.25, 0.3) is 0 Å². The Bertz CT molecular complexity index is 433. The van der Waals surface area contributed by atoms with Crippen LogP contribution in [0.3, 0.4) is 0 Å². The lowest BCUT2D eigenvalue weighted by molar-refractivity contribution is -0.385. The summed E-state index contributed by atoms with van der Waals surface area (Å²) >= 11 is 5.79. The number of carbonyl (C=O) groups is 1. The van der Waals surface area contributed by atoms with E-state index in [2.05, 4.69) is 0 Å². The van der Waals surface area contributed by atoms with Crippen molar-refractivity contribution in [3.8, 4) is 0 Å². The van der Waals surface area contributed by atoms with Crippen LogP contribution in [-0.4, -0.2) is 15.8 Å². The van der Waals surface area contributed by atoms with Gasteiger partial charge in [0.2, 0.25) is 0 Å². The fourth-order valence-electron chi connectivity index (χ4n) is 1.28. The molecule has 0 aliphatic heterocycles. The van der Waals surface area contributed by atoms with E-state index >= 15 is 0 Å². The third-order valence-electron chi connectivity index (χ3n) is 2.03. The summed E-state index contributed by atoms with van der Waals surface area (Å²) in [4.78, 5) is 20.8. The predicted octanol–water partition coefficient (Wildman–Crippen LogP) is 2.26. The summed E-state index contributed by atoms with van der Waals surface area (Å²) in [7, 11) is 0. The number of Topliss-reactive ketones (excluding diaryl/α,β-unsaturated/α-hetero) is 1. The number of carbonyl (C=O) groups excluding carboxylic acids is 1. The third kappa shape index (κ3) is 3.01. The van der Waals surface area contributed by atoms with Crippen LogP contribution in [0.4, 0.5) is 5.69 Å². The number of non-ortho nitro benzene ring substituents is 1. The van der Waals surface area contributed by atoms with Crippen molar-refractivity contribution in [2.45, 2.75) is 19.4 Å². The summed E-state index contributed by atoms with van der Waals surface area (Å²) < 4.78 is 0. The van der Waals surface area contributed by atoms with E-state index in [-0.39, 0.29) is 28.5 Å². The highest BCUT2D eigenvalue weighted by Gasteiger charge is 2.17. The minimum absolute atomic E-state index is 0.110. The second-order valence-electron chi connectivity index (χ2n) is 3.38. The number of hydrogen-bond acceptors (Lipinski definition) is 4. The van der Waals surface area contributed by atoms with Crippen LogP contribution < -0.4 is 0 Å². The first-order valence-corrected chi connectivity index (χ1v) is 4.91. The number of aliphatic hydroxyl groups is 1. The molecule has 0 radical (unpaired) electrons. The van der Waals surface area contributed by atoms with Gasteiger partial charge in [-0.15, -0.1) is 0 Å². The number of halogens is 1. The number of ketones is 1. The van der Waals surface area contributed by atoms with E-state index in [1.54, 1.807) is 0 Å². The molecular weight excluding hydrogens is 234 g/mol. The van der Waals surface area contributed by atoms with Gasteiger partial charge in [-0.2, -0.15) is 0 Å². The number of nitrogens with zero attached hydrogens (tertiary/aromatic N) is 1. The number of rotatable bonds is 4. The first-order valence-electron chi connectivity index (χ1n) is 4.53. The molecule has 86 valence electrons. The molecule has 0 aromatic heterocycles. The molecule has 0 aliphatic rings. The molecule has 1 aromatic carbocycles. The van der Waals surface area contributed by atoms with Crippen LogP contribution >= 0.6 is 11.6 Å². The predicted molar refractivity (Wildman–Crippen MR) is 58.4 cm³/mol. The molecule has 0 heterocycles. The lowest BCUT2D eigenvalue weighted by Gasteiger charge is -2.10. The topological polar surface area (TPSA) is 80.4 Å². The van der Waals surface area contributed by atoms with E-state index in [9.17, 15) is 20.0 Å². The maximum Gasteiger partial charge on any atom is 0.269 e. The minimum Gasteiger partial charge on any atom is -0.388 e. The van der Waals surface area contributed by atoms with Crippen LogP contribution in [0, 0.1) is 10.1 Å². The molecule has 1 atom stereocenters. The van der Waals surface area contributed by atoms with Crippen molar-refractivity contribution in [3.05, 3.63) is 38.9 Å². The molecule has 0 fully saturated rings. The van der Waals surface area contributed by atoms with E-state index in [0.717, 1.165) is 0 Å². The quantitative estimate of drug-likeness (QED) is 0.650. The van der Waals surface area contributed by atoms with Crippen molar-refractivity contribution >= 4 is 23.1 Å². The smallest absolute Gasteiger partial charge is 0.269 e. The monoisotopic (exact) mass is 243 g/mol. The zero-order valence-corrected chi connectivity index (χ0v) is 9.27. The molecular formula is C10H10ClNO4. The zero-order chi connectivity index (χ0) is 12.3. The van der Waals surface area contributed by atoms with Gasteiger partial charge in [0.15, 0.2) is 0 Å². The second kappa shape index (κ2) is 5.05. The van der Waals surface area contributed by atoms with Gasteiger partial charge in [-0.3, -0.25) is 14.9 Å². The first-order chi connectivity index (χ1) is 7.41. The largest absolute Gasteiger partial charge is 0.388 e. The number of nitro groups is 1. The number of nitro benzene ring substituents is 1. The molecule has 1 unspecified atom stereocenters. The van der Waals surface area contributed by atoms with Gasteiger partial charge >= 0.3 is 0 Å². The summed E-state index contributed by atoms with van der Waals surface area (Å²) in [5.41, 5.74) is 0.0352. The molecule has 0 aliphatic carbocycles. The van der Waals surface area contributed by atoms with Crippen molar-refractivity contribution in [3.63, 3.8) is 0 Å². The molecule has 0 saturated carbocycles. The molecule has 6 heteroatoms. The summed E-state index contributed by atoms with van der Waals surface area (Å²) in [5.74, 6) is -0.213. The molecule has 5 nitrogen and oxygen atoms in total. The van der Waals surface area contributed by atoms with Gasteiger partial charge < -0.3 is 5.11 Å². The Morgan fingerprint density at radius 2 is 2.25 bits per heavy atom. The average Bonchev–Trinajstić information content (AvgIpc) is 2.16. The van der Waals surface area contributed by atoms with Gasteiger partial charge in [0.1, 0.15) is 5.78 Å². The Labute approximate surface area is 96.8 Å². The lowest BCUT2D eigenvalue weighted by Crippen LogP contribution is -2.04. The van der Waals surface area contributed by atoms with E-state index < -0.39 is 11.0 Å². The highest BCUT2D eigenvalue weighted by molar-refractivity contribution is 6.31. The van der Waals surface area contributed by atoms with E-state index in [1.807, 2.05) is 0 Å². The summed E-state index contributed by atoms with van der Waals surface area (Å²) in [5, 5.41) is 20.4. The van der Waals surface area contributed by atoms with E-state index in [4.69, 9.17) is 11.6 Å². The molecule has 1 N–H and O–H groups in total. The van der Waals surface area contributed by atoms with Crippen molar-refractivity contribution in [2.75, 3.05) is 0 Å². The van der Waals surface area contributed by atoms with Gasteiger partial charge in [0.05, 0.1) is 11.0 Å². The molecule has 0 amide bonds. The molecule has 1 rings (SSSR count). The summed E-state index contributed by atoms with van der Waals surface area (Å²) in [6.07, 6.45) is -1.22. The SMILES string of the molecule is CC(=O)CC(O)c1cc([N+](=O)[O-])ccc1Cl. The minimum atomic E-state index is -1.11. The van der Waals surface area contributed by atoms with Crippen molar-refractivity contribution in [2.24, 2.45) is 0 Å². The maximum atomic E-state index is 10.8. The highest BCUT2D eigenvalue weighted by Crippen LogP contribution is 2.29. The first kappa shape index (κ1) is 12.6. The number of benzene rings is 1. The standard InChI is InChI=1S/C10H10ClNO4/c1-6(13)4-10(14)8-5-7(12(15)16)2-3-9(8)11/h2-3,5,10,14H,4H2,1H3. The highest BCUT2D eigenvalue weighted by atomic mass is 35.5. The fraction of sp³-hybridized carbons (Fsp3) is 0.300. The van der Waals surface area contributed by atoms with Crippen molar-refractivity contribution in [1.82, 2.24) is 0 Å². The Morgan fingerprint density at radius 3 is 2.75 bits per heavy atom. The van der Waals surface area contributed by atoms with Gasteiger partial charge in [0.25, 0.3) is 5.69 Å². The molecule has 16 heavy (non-hydrogen) atoms. The van der Waals surface area contributed by atoms with Gasteiger partial charge in [-0.1, -0.05) is 11.6 Å². The fourth-order valence-corrected chi connectivity index (χ4v) is 1.53. The van der Waals surface area contributed by atoms with Gasteiger partial charge in [0, 0.05) is 29.1 Å². The summed E-state index contributed by atoms with van der Waals surface area (Å²) in [6, 6.07) is 3.75. The van der Waals surface area contributed by atoms with Gasteiger partial charge in [-0.25, -0.2) is 0 Å². The van der Waals surface area contributed by atoms with Crippen LogP contribution in [0.2, 0.25) is 5.02 Å². The van der Waals surface area contributed by atoms with Crippen LogP contribution in [0.5, 0.6) is 0 Å². The molecule has 0 bridgehead atoms. The lowest BCUT2D eigenvalue weighted by atomic mass is 10.0. The maximum absolute atomic E-state index is 10.8. The van der Waals surface area contributed by atoms with Crippen LogP contribution in [0.1, 0.15) is 25.0 Å². The molecule has 0 spiro atoms. The second-order valence-corrected chi connectivity index (χ2v) is 3.79. The van der Waals surface area contributed by atoms with Crippen LogP contribution in [0.15, 0.2) is 18.2 Å². The average molecular weight is 244 g/mol. The third-order valence-corrected chi connectivity index (χ3v) is 2.37. The Kier molecular flexibility index (Phi) is 3.98. The number of aliphatic hydroxyl groups excluding tert-OH is 1. The normalized spacial score (nSPS) is 12.2. The Hall–Kier alpha value is -1.46. The Balaban J connectivity index is 3.06.